The number of methoxy groups -OCH3 is 2. The Hall–Kier alpha value is -4.04. The van der Waals surface area contributed by atoms with Crippen LogP contribution in [0.5, 0.6) is 0 Å². The molecule has 44 heavy (non-hydrogen) atoms. The average molecular weight is 731 g/mol. The third kappa shape index (κ3) is 5.40. The predicted molar refractivity (Wildman–Crippen MR) is 181 cm³/mol. The van der Waals surface area contributed by atoms with Crippen molar-refractivity contribution in [3.63, 3.8) is 0 Å². The summed E-state index contributed by atoms with van der Waals surface area (Å²) in [5, 5.41) is 1.51. The first kappa shape index (κ1) is 30.0. The second kappa shape index (κ2) is 12.5. The first-order chi connectivity index (χ1) is 21.3. The van der Waals surface area contributed by atoms with Crippen LogP contribution in [-0.4, -0.2) is 26.2 Å². The van der Waals surface area contributed by atoms with E-state index in [4.69, 9.17) is 21.1 Å². The maximum atomic E-state index is 13.9. The molecule has 1 aliphatic carbocycles. The van der Waals surface area contributed by atoms with E-state index in [0.29, 0.717) is 10.5 Å². The second-order valence-electron chi connectivity index (χ2n) is 10.2. The van der Waals surface area contributed by atoms with Crippen molar-refractivity contribution in [1.29, 1.82) is 0 Å². The molecule has 5 aromatic rings. The van der Waals surface area contributed by atoms with Crippen molar-refractivity contribution in [3.8, 4) is 11.1 Å². The lowest BCUT2D eigenvalue weighted by Crippen LogP contribution is -2.40. The number of nitrogens with zero attached hydrogens (tertiary/aromatic N) is 1. The minimum Gasteiger partial charge on any atom is -0.465 e. The Kier molecular flexibility index (Phi) is 8.54. The van der Waals surface area contributed by atoms with Crippen LogP contribution in [0.1, 0.15) is 28.2 Å². The number of hydrogen-bond acceptors (Lipinski definition) is 4. The number of benzene rings is 4. The van der Waals surface area contributed by atoms with Gasteiger partial charge in [-0.25, -0.2) is 9.59 Å². The van der Waals surface area contributed by atoms with Crippen LogP contribution in [0, 0.1) is 0 Å². The van der Waals surface area contributed by atoms with E-state index < -0.39 is 17.9 Å². The summed E-state index contributed by atoms with van der Waals surface area (Å²) in [4.78, 5) is 27.7. The van der Waals surface area contributed by atoms with Crippen molar-refractivity contribution in [2.24, 2.45) is 0 Å². The Bertz CT molecular complexity index is 1980. The van der Waals surface area contributed by atoms with Gasteiger partial charge in [0.2, 0.25) is 5.52 Å². The summed E-state index contributed by atoms with van der Waals surface area (Å²) in [5.41, 5.74) is 6.43. The summed E-state index contributed by atoms with van der Waals surface area (Å²) in [6, 6.07) is 29.1. The number of pyridine rings is 1. The smallest absolute Gasteiger partial charge is 0.404 e. The number of rotatable bonds is 6. The van der Waals surface area contributed by atoms with Gasteiger partial charge in [-0.1, -0.05) is 98.1 Å². The summed E-state index contributed by atoms with van der Waals surface area (Å²) >= 11 is 13.6. The third-order valence-electron chi connectivity index (χ3n) is 7.73. The van der Waals surface area contributed by atoms with E-state index in [9.17, 15) is 9.59 Å². The lowest BCUT2D eigenvalue weighted by Gasteiger charge is -2.18. The molecule has 0 saturated heterocycles. The van der Waals surface area contributed by atoms with Crippen LogP contribution in [0.2, 0.25) is 5.02 Å². The lowest BCUT2D eigenvalue weighted by molar-refractivity contribution is -0.550. The van der Waals surface area contributed by atoms with Gasteiger partial charge in [-0.2, -0.15) is 4.57 Å². The SMILES string of the molecule is COC(=O)/C(=C(/C(=O)OC)[n+]1ccc(/C=C/c2ccccc2Cl)c2ccccc21)C1c2cc(Br)ccc2-c2ccc(Br)cc21. The van der Waals surface area contributed by atoms with Crippen LogP contribution in [0.15, 0.2) is 112 Å². The van der Waals surface area contributed by atoms with Crippen LogP contribution in [0.4, 0.5) is 0 Å². The van der Waals surface area contributed by atoms with Crippen LogP contribution in [0.3, 0.4) is 0 Å². The van der Waals surface area contributed by atoms with E-state index in [-0.39, 0.29) is 11.3 Å². The first-order valence-electron chi connectivity index (χ1n) is 13.7. The summed E-state index contributed by atoms with van der Waals surface area (Å²) in [6.45, 7) is 0. The molecule has 1 aromatic heterocycles. The van der Waals surface area contributed by atoms with Gasteiger partial charge in [-0.05, 0) is 69.8 Å². The molecular weight excluding hydrogens is 706 g/mol. The minimum atomic E-state index is -0.667. The van der Waals surface area contributed by atoms with E-state index in [1.165, 1.54) is 14.2 Å². The number of fused-ring (bicyclic) bond motifs is 4. The van der Waals surface area contributed by atoms with Gasteiger partial charge in [0.15, 0.2) is 6.20 Å². The number of aromatic nitrogens is 1. The molecule has 0 radical (unpaired) electrons. The van der Waals surface area contributed by atoms with E-state index in [2.05, 4.69) is 31.9 Å². The van der Waals surface area contributed by atoms with Gasteiger partial charge in [0.05, 0.1) is 19.6 Å². The normalized spacial score (nSPS) is 13.0. The molecule has 0 spiro atoms. The van der Waals surface area contributed by atoms with Crippen molar-refractivity contribution in [2.75, 3.05) is 14.2 Å². The highest BCUT2D eigenvalue weighted by Gasteiger charge is 2.43. The molecule has 0 bridgehead atoms. The highest BCUT2D eigenvalue weighted by Crippen LogP contribution is 2.50. The van der Waals surface area contributed by atoms with Gasteiger partial charge < -0.3 is 9.47 Å². The molecule has 0 atom stereocenters. The number of hydrogen-bond donors (Lipinski definition) is 0. The molecule has 4 aromatic carbocycles. The van der Waals surface area contributed by atoms with E-state index in [1.807, 2.05) is 103 Å². The van der Waals surface area contributed by atoms with E-state index >= 15 is 0 Å². The standard InChI is InChI=1S/C36H25Br2ClNO4/c1-43-35(41)33(32-28-19-23(37)13-15-26(28)27-16-14-24(38)20-29(27)32)34(36(42)44-2)40-18-17-21(25-8-4-6-10-31(25)40)11-12-22-7-3-5-9-30(22)39/h3-20,32H,1-2H3/q+1/b12-11+,34-33-. The second-order valence-corrected chi connectivity index (χ2v) is 12.4. The summed E-state index contributed by atoms with van der Waals surface area (Å²) in [6.07, 6.45) is 5.71. The first-order valence-corrected chi connectivity index (χ1v) is 15.6. The van der Waals surface area contributed by atoms with Gasteiger partial charge in [-0.3, -0.25) is 0 Å². The highest BCUT2D eigenvalue weighted by atomic mass is 79.9. The Morgan fingerprint density at radius 3 is 1.98 bits per heavy atom. The van der Waals surface area contributed by atoms with Crippen molar-refractivity contribution in [2.45, 2.75) is 5.92 Å². The van der Waals surface area contributed by atoms with Crippen molar-refractivity contribution >= 4 is 84.2 Å². The van der Waals surface area contributed by atoms with Gasteiger partial charge in [-0.15, -0.1) is 0 Å². The van der Waals surface area contributed by atoms with Crippen LogP contribution >= 0.6 is 43.5 Å². The summed E-state index contributed by atoms with van der Waals surface area (Å²) in [7, 11) is 2.63. The van der Waals surface area contributed by atoms with Gasteiger partial charge in [0.25, 0.3) is 0 Å². The molecule has 0 N–H and O–H groups in total. The molecule has 0 aliphatic heterocycles. The fourth-order valence-corrected chi connectivity index (χ4v) is 6.75. The number of carbonyl (C=O) groups is 2. The van der Waals surface area contributed by atoms with Crippen LogP contribution in [0.25, 0.3) is 39.9 Å². The number of esters is 2. The molecule has 0 unspecified atom stereocenters. The molecule has 1 aliphatic rings. The molecule has 0 saturated carbocycles. The predicted octanol–water partition coefficient (Wildman–Crippen LogP) is 8.85. The van der Waals surface area contributed by atoms with Crippen molar-refractivity contribution < 1.29 is 23.6 Å². The molecule has 1 heterocycles. The minimum absolute atomic E-state index is 0.0703. The zero-order chi connectivity index (χ0) is 31.0. The fourth-order valence-electron chi connectivity index (χ4n) is 5.79. The van der Waals surface area contributed by atoms with E-state index in [0.717, 1.165) is 47.7 Å². The van der Waals surface area contributed by atoms with Crippen molar-refractivity contribution in [3.05, 3.63) is 139 Å². The maximum Gasteiger partial charge on any atom is 0.404 e. The number of para-hydroxylation sites is 1. The fraction of sp³-hybridized carbons (Fsp3) is 0.0833. The monoisotopic (exact) mass is 728 g/mol. The number of ether oxygens (including phenoxy) is 2. The Labute approximate surface area is 276 Å². The molecule has 5 nitrogen and oxygen atoms in total. The van der Waals surface area contributed by atoms with Gasteiger partial charge in [0, 0.05) is 32.0 Å². The highest BCUT2D eigenvalue weighted by molar-refractivity contribution is 9.10. The molecule has 0 amide bonds. The zero-order valence-corrected chi connectivity index (χ0v) is 27.6. The molecular formula is C36H25Br2ClNO4+. The third-order valence-corrected chi connectivity index (χ3v) is 9.06. The summed E-state index contributed by atoms with van der Waals surface area (Å²) < 4.78 is 14.2. The number of carbonyl (C=O) groups excluding carboxylic acids is 2. The average Bonchev–Trinajstić information content (AvgIpc) is 3.34. The molecule has 0 fully saturated rings. The topological polar surface area (TPSA) is 56.5 Å². The van der Waals surface area contributed by atoms with Gasteiger partial charge in [0.1, 0.15) is 5.57 Å². The Morgan fingerprint density at radius 1 is 0.750 bits per heavy atom. The summed E-state index contributed by atoms with van der Waals surface area (Å²) in [5.74, 6) is -1.91. The van der Waals surface area contributed by atoms with Crippen molar-refractivity contribution in [1.82, 2.24) is 0 Å². The Balaban J connectivity index is 1.64. The number of halogens is 3. The van der Waals surface area contributed by atoms with Crippen LogP contribution in [-0.2, 0) is 19.1 Å². The molecule has 6 rings (SSSR count). The van der Waals surface area contributed by atoms with Crippen LogP contribution < -0.4 is 4.57 Å². The maximum absolute atomic E-state index is 13.9. The molecule has 8 heteroatoms. The van der Waals surface area contributed by atoms with E-state index in [1.54, 1.807) is 10.8 Å². The van der Waals surface area contributed by atoms with Gasteiger partial charge >= 0.3 is 17.6 Å². The largest absolute Gasteiger partial charge is 0.465 e. The molecule has 218 valence electrons. The lowest BCUT2D eigenvalue weighted by atomic mass is 9.87. The quantitative estimate of drug-likeness (QED) is 0.0996. The zero-order valence-electron chi connectivity index (χ0n) is 23.7. The Morgan fingerprint density at radius 2 is 1.34 bits per heavy atom.